The Morgan fingerprint density at radius 1 is 1.20 bits per heavy atom. The van der Waals surface area contributed by atoms with Crippen LogP contribution in [0.3, 0.4) is 0 Å². The third kappa shape index (κ3) is 3.40. The van der Waals surface area contributed by atoms with E-state index in [1.807, 2.05) is 0 Å². The molecule has 7 heteroatoms. The number of carbonyl (C=O) groups is 3. The van der Waals surface area contributed by atoms with Gasteiger partial charge in [0.25, 0.3) is 11.8 Å². The molecule has 0 spiro atoms. The van der Waals surface area contributed by atoms with Crippen LogP contribution in [0.2, 0.25) is 0 Å². The maximum absolute atomic E-state index is 12.3. The highest BCUT2D eigenvalue weighted by molar-refractivity contribution is 5.99. The van der Waals surface area contributed by atoms with E-state index >= 15 is 0 Å². The smallest absolute Gasteiger partial charge is 0.259 e. The van der Waals surface area contributed by atoms with Crippen molar-refractivity contribution in [1.29, 1.82) is 0 Å². The zero-order chi connectivity index (χ0) is 21.5. The number of benzene rings is 1. The summed E-state index contributed by atoms with van der Waals surface area (Å²) in [6, 6.07) is 6.88. The average Bonchev–Trinajstić information content (AvgIpc) is 3.31. The van der Waals surface area contributed by atoms with Crippen molar-refractivity contribution in [2.75, 3.05) is 18.0 Å². The van der Waals surface area contributed by atoms with Crippen LogP contribution in [-0.4, -0.2) is 36.5 Å². The Labute approximate surface area is 177 Å². The average molecular weight is 411 g/mol. The van der Waals surface area contributed by atoms with Crippen LogP contribution in [0, 0.1) is 16.7 Å². The van der Waals surface area contributed by atoms with E-state index in [-0.39, 0.29) is 35.1 Å². The van der Waals surface area contributed by atoms with E-state index in [1.54, 1.807) is 29.2 Å². The Kier molecular flexibility index (Phi) is 5.16. The first-order valence-electron chi connectivity index (χ1n) is 10.8. The van der Waals surface area contributed by atoms with Crippen LogP contribution in [0.5, 0.6) is 0 Å². The van der Waals surface area contributed by atoms with E-state index in [9.17, 15) is 14.4 Å². The molecule has 1 heterocycles. The first-order valence-corrected chi connectivity index (χ1v) is 10.8. The monoisotopic (exact) mass is 410 g/mol. The Bertz CT molecular complexity index is 906. The number of rotatable bonds is 5. The van der Waals surface area contributed by atoms with Gasteiger partial charge in [-0.25, -0.2) is 5.43 Å². The molecule has 3 fully saturated rings. The summed E-state index contributed by atoms with van der Waals surface area (Å²) in [5.74, 6) is 0.0688. The Balaban J connectivity index is 1.29. The van der Waals surface area contributed by atoms with Crippen molar-refractivity contribution < 1.29 is 14.4 Å². The third-order valence-corrected chi connectivity index (χ3v) is 7.75. The number of fused-ring (bicyclic) bond motifs is 2. The summed E-state index contributed by atoms with van der Waals surface area (Å²) in [5.41, 5.74) is 5.17. The van der Waals surface area contributed by atoms with Crippen LogP contribution >= 0.6 is 0 Å². The highest BCUT2D eigenvalue weighted by atomic mass is 16.2. The van der Waals surface area contributed by atoms with Gasteiger partial charge in [0.1, 0.15) is 0 Å². The minimum absolute atomic E-state index is 0.0344. The molecule has 1 aromatic rings. The summed E-state index contributed by atoms with van der Waals surface area (Å²) in [5, 5.41) is 7.05. The van der Waals surface area contributed by atoms with Crippen molar-refractivity contribution in [3.63, 3.8) is 0 Å². The lowest BCUT2D eigenvalue weighted by atomic mass is 9.70. The predicted octanol–water partition coefficient (Wildman–Crippen LogP) is 2.86. The van der Waals surface area contributed by atoms with Crippen LogP contribution in [0.25, 0.3) is 0 Å². The number of anilines is 1. The van der Waals surface area contributed by atoms with Gasteiger partial charge in [-0.3, -0.25) is 14.4 Å². The largest absolute Gasteiger partial charge is 0.343 e. The van der Waals surface area contributed by atoms with Crippen LogP contribution < -0.4 is 15.6 Å². The lowest BCUT2D eigenvalue weighted by Gasteiger charge is -2.34. The minimum atomic E-state index is -0.334. The molecule has 0 radical (unpaired) electrons. The number of carbonyl (C=O) groups excluding carboxylic acids is 3. The van der Waals surface area contributed by atoms with Crippen LogP contribution in [0.15, 0.2) is 29.4 Å². The second-order valence-electron chi connectivity index (χ2n) is 9.47. The lowest BCUT2D eigenvalue weighted by Crippen LogP contribution is -2.37. The first-order chi connectivity index (χ1) is 14.2. The van der Waals surface area contributed by atoms with Crippen molar-refractivity contribution in [2.45, 2.75) is 52.9 Å². The van der Waals surface area contributed by atoms with Gasteiger partial charge in [0.05, 0.1) is 6.54 Å². The van der Waals surface area contributed by atoms with Gasteiger partial charge >= 0.3 is 0 Å². The highest BCUT2D eigenvalue weighted by Crippen LogP contribution is 2.63. The molecule has 1 aromatic carbocycles. The number of nitrogens with one attached hydrogen (secondary N) is 2. The van der Waals surface area contributed by atoms with Gasteiger partial charge in [-0.15, -0.1) is 0 Å². The molecule has 2 aliphatic carbocycles. The van der Waals surface area contributed by atoms with E-state index in [2.05, 4.69) is 36.6 Å². The number of hydrazone groups is 1. The molecule has 3 amide bonds. The van der Waals surface area contributed by atoms with Gasteiger partial charge in [0.2, 0.25) is 5.91 Å². The van der Waals surface area contributed by atoms with Crippen LogP contribution in [0.4, 0.5) is 5.69 Å². The molecule has 2 atom stereocenters. The molecule has 2 bridgehead atoms. The van der Waals surface area contributed by atoms with Gasteiger partial charge in [0.15, 0.2) is 0 Å². The molecule has 7 nitrogen and oxygen atoms in total. The van der Waals surface area contributed by atoms with Crippen molar-refractivity contribution in [2.24, 2.45) is 21.8 Å². The van der Waals surface area contributed by atoms with E-state index in [4.69, 9.17) is 0 Å². The van der Waals surface area contributed by atoms with Gasteiger partial charge in [-0.2, -0.15) is 5.10 Å². The Morgan fingerprint density at radius 2 is 1.93 bits per heavy atom. The second kappa shape index (κ2) is 7.52. The zero-order valence-corrected chi connectivity index (χ0v) is 18.0. The molecule has 2 saturated carbocycles. The fraction of sp³-hybridized carbons (Fsp3) is 0.565. The molecular formula is C23H30N4O3. The normalized spacial score (nSPS) is 28.2. The maximum atomic E-state index is 12.3. The lowest BCUT2D eigenvalue weighted by molar-refractivity contribution is -0.120. The SMILES string of the molecule is CC1(C)[C@@H]2CC[C@@]1(C)/C(=N/NC(=O)CNC(=O)c1ccc(N3CCCC3=O)cc1)C2. The molecule has 0 aromatic heterocycles. The van der Waals surface area contributed by atoms with Crippen LogP contribution in [0.1, 0.15) is 63.2 Å². The standard InChI is InChI=1S/C23H30N4O3/c1-22(2)16-10-11-23(22,3)18(13-16)25-26-19(28)14-24-21(30)15-6-8-17(9-7-15)27-12-4-5-20(27)29/h6-9,16H,4-5,10-14H2,1-3H3,(H,24,30)(H,26,28)/b25-18+/t16-,23+/m1/s1. The number of amides is 3. The fourth-order valence-corrected chi connectivity index (χ4v) is 5.24. The summed E-state index contributed by atoms with van der Waals surface area (Å²) in [6.07, 6.45) is 4.69. The van der Waals surface area contributed by atoms with Crippen molar-refractivity contribution in [3.8, 4) is 0 Å². The molecule has 160 valence electrons. The highest BCUT2D eigenvalue weighted by Gasteiger charge is 2.60. The van der Waals surface area contributed by atoms with E-state index in [0.717, 1.165) is 30.7 Å². The van der Waals surface area contributed by atoms with Crippen molar-refractivity contribution in [3.05, 3.63) is 29.8 Å². The minimum Gasteiger partial charge on any atom is -0.343 e. The third-order valence-electron chi connectivity index (χ3n) is 7.75. The van der Waals surface area contributed by atoms with Gasteiger partial charge < -0.3 is 10.2 Å². The van der Waals surface area contributed by atoms with Crippen LogP contribution in [-0.2, 0) is 9.59 Å². The molecule has 0 unspecified atom stereocenters. The molecule has 3 aliphatic rings. The molecule has 1 aliphatic heterocycles. The number of nitrogens with zero attached hydrogens (tertiary/aromatic N) is 2. The van der Waals surface area contributed by atoms with Gasteiger partial charge in [0, 0.05) is 35.3 Å². The second-order valence-corrected chi connectivity index (χ2v) is 9.47. The van der Waals surface area contributed by atoms with Crippen molar-refractivity contribution in [1.82, 2.24) is 10.7 Å². The molecule has 1 saturated heterocycles. The quantitative estimate of drug-likeness (QED) is 0.732. The Morgan fingerprint density at radius 3 is 2.50 bits per heavy atom. The van der Waals surface area contributed by atoms with E-state index in [1.165, 1.54) is 6.42 Å². The van der Waals surface area contributed by atoms with Gasteiger partial charge in [-0.05, 0) is 61.3 Å². The molecule has 2 N–H and O–H groups in total. The topological polar surface area (TPSA) is 90.9 Å². The molecule has 4 rings (SSSR count). The van der Waals surface area contributed by atoms with Crippen molar-refractivity contribution >= 4 is 29.1 Å². The predicted molar refractivity (Wildman–Crippen MR) is 115 cm³/mol. The van der Waals surface area contributed by atoms with E-state index < -0.39 is 0 Å². The van der Waals surface area contributed by atoms with E-state index in [0.29, 0.717) is 24.4 Å². The summed E-state index contributed by atoms with van der Waals surface area (Å²) < 4.78 is 0. The number of hydrogen-bond acceptors (Lipinski definition) is 4. The maximum Gasteiger partial charge on any atom is 0.259 e. The summed E-state index contributed by atoms with van der Waals surface area (Å²) >= 11 is 0. The molecular weight excluding hydrogens is 380 g/mol. The summed E-state index contributed by atoms with van der Waals surface area (Å²) in [6.45, 7) is 7.40. The molecule has 30 heavy (non-hydrogen) atoms. The van der Waals surface area contributed by atoms with Gasteiger partial charge in [-0.1, -0.05) is 20.8 Å². The summed E-state index contributed by atoms with van der Waals surface area (Å²) in [7, 11) is 0. The zero-order valence-electron chi connectivity index (χ0n) is 18.0. The fourth-order valence-electron chi connectivity index (χ4n) is 5.24. The summed E-state index contributed by atoms with van der Waals surface area (Å²) in [4.78, 5) is 38.1. The number of hydrogen-bond donors (Lipinski definition) is 2. The first kappa shape index (κ1) is 20.6. The Hall–Kier alpha value is -2.70.